The Bertz CT molecular complexity index is 1030. The Labute approximate surface area is 183 Å². The second-order valence-electron chi connectivity index (χ2n) is 6.31. The number of benzene rings is 2. The molecule has 1 heterocycles. The number of ether oxygens (including phenoxy) is 2. The maximum Gasteiger partial charge on any atom is 0.220 e. The number of hydrogen-bond donors (Lipinski definition) is 0. The number of nitrogens with zero attached hydrogens (tertiary/aromatic N) is 4. The fourth-order valence-corrected chi connectivity index (χ4v) is 4.36. The summed E-state index contributed by atoms with van der Waals surface area (Å²) in [5.74, 6) is 1.95. The summed E-state index contributed by atoms with van der Waals surface area (Å²) in [6.45, 7) is 4.05. The highest BCUT2D eigenvalue weighted by atomic mass is 35.5. The summed E-state index contributed by atoms with van der Waals surface area (Å²) in [5.41, 5.74) is 1.55. The van der Waals surface area contributed by atoms with Crippen LogP contribution in [0, 0.1) is 17.0 Å². The molecule has 0 fully saturated rings. The fraction of sp³-hybridized carbons (Fsp3) is 0.300. The largest absolute Gasteiger partial charge is 0.495 e. The molecule has 158 valence electrons. The third-order valence-corrected chi connectivity index (χ3v) is 5.79. The maximum absolute atomic E-state index is 11.3. The Hall–Kier alpha value is -2.78. The summed E-state index contributed by atoms with van der Waals surface area (Å²) in [6.07, 6.45) is 0. The summed E-state index contributed by atoms with van der Waals surface area (Å²) in [7, 11) is 1.52. The number of aromatic nitrogens is 3. The molecule has 1 atom stereocenters. The van der Waals surface area contributed by atoms with Gasteiger partial charge in [0, 0.05) is 10.6 Å². The zero-order valence-electron chi connectivity index (χ0n) is 16.7. The van der Waals surface area contributed by atoms with E-state index in [1.54, 1.807) is 18.2 Å². The first kappa shape index (κ1) is 21.9. The number of methoxy groups -OCH3 is 1. The average molecular weight is 449 g/mol. The van der Waals surface area contributed by atoms with Crippen molar-refractivity contribution in [2.75, 3.05) is 20.3 Å². The molecule has 10 heteroatoms. The minimum atomic E-state index is -0.506. The SMILES string of the molecule is CCOc1ccc(-n2c(C)nnc2S[C@@H](C[N+](=O)[O-])c2ccc(OC)c(Cl)c2)cc1. The summed E-state index contributed by atoms with van der Waals surface area (Å²) < 4.78 is 12.5. The summed E-state index contributed by atoms with van der Waals surface area (Å²) in [5, 5.41) is 20.2. The third-order valence-electron chi connectivity index (χ3n) is 4.31. The van der Waals surface area contributed by atoms with Crippen molar-refractivity contribution in [3.63, 3.8) is 0 Å². The number of nitro groups is 1. The monoisotopic (exact) mass is 448 g/mol. The van der Waals surface area contributed by atoms with Gasteiger partial charge in [-0.2, -0.15) is 0 Å². The Morgan fingerprint density at radius 2 is 1.97 bits per heavy atom. The van der Waals surface area contributed by atoms with Gasteiger partial charge in [-0.3, -0.25) is 14.7 Å². The van der Waals surface area contributed by atoms with Crippen LogP contribution < -0.4 is 9.47 Å². The molecule has 3 aromatic rings. The molecule has 30 heavy (non-hydrogen) atoms. The molecule has 0 saturated carbocycles. The van der Waals surface area contributed by atoms with Crippen LogP contribution >= 0.6 is 23.4 Å². The van der Waals surface area contributed by atoms with E-state index >= 15 is 0 Å². The predicted molar refractivity (Wildman–Crippen MR) is 116 cm³/mol. The molecule has 0 aliphatic heterocycles. The minimum absolute atomic E-state index is 0.289. The van der Waals surface area contributed by atoms with Gasteiger partial charge in [0.05, 0.1) is 18.7 Å². The zero-order valence-corrected chi connectivity index (χ0v) is 18.3. The van der Waals surface area contributed by atoms with Crippen molar-refractivity contribution in [2.45, 2.75) is 24.3 Å². The van der Waals surface area contributed by atoms with E-state index in [1.165, 1.54) is 18.9 Å². The lowest BCUT2D eigenvalue weighted by Gasteiger charge is -2.15. The molecule has 0 N–H and O–H groups in total. The first-order valence-electron chi connectivity index (χ1n) is 9.20. The van der Waals surface area contributed by atoms with E-state index in [2.05, 4.69) is 10.2 Å². The lowest BCUT2D eigenvalue weighted by Crippen LogP contribution is -2.11. The molecule has 0 unspecified atom stereocenters. The van der Waals surface area contributed by atoms with Crippen LogP contribution in [0.4, 0.5) is 0 Å². The first-order valence-corrected chi connectivity index (χ1v) is 10.5. The molecule has 0 amide bonds. The van der Waals surface area contributed by atoms with Crippen LogP contribution in [0.3, 0.4) is 0 Å². The molecule has 1 aromatic heterocycles. The van der Waals surface area contributed by atoms with Crippen LogP contribution in [0.5, 0.6) is 11.5 Å². The molecule has 2 aromatic carbocycles. The summed E-state index contributed by atoms with van der Waals surface area (Å²) in [4.78, 5) is 11.0. The molecule has 0 bridgehead atoms. The summed E-state index contributed by atoms with van der Waals surface area (Å²) >= 11 is 7.50. The molecule has 0 aliphatic carbocycles. The van der Waals surface area contributed by atoms with Crippen molar-refractivity contribution in [2.24, 2.45) is 0 Å². The van der Waals surface area contributed by atoms with Crippen molar-refractivity contribution in [1.29, 1.82) is 0 Å². The van der Waals surface area contributed by atoms with Crippen molar-refractivity contribution in [3.8, 4) is 17.2 Å². The van der Waals surface area contributed by atoms with Crippen LogP contribution in [-0.2, 0) is 0 Å². The van der Waals surface area contributed by atoms with Gasteiger partial charge in [0.15, 0.2) is 5.16 Å². The van der Waals surface area contributed by atoms with Crippen molar-refractivity contribution >= 4 is 23.4 Å². The van der Waals surface area contributed by atoms with E-state index in [9.17, 15) is 10.1 Å². The number of halogens is 1. The molecule has 3 rings (SSSR count). The Morgan fingerprint density at radius 1 is 1.23 bits per heavy atom. The van der Waals surface area contributed by atoms with Crippen LogP contribution in [0.25, 0.3) is 5.69 Å². The van der Waals surface area contributed by atoms with Crippen LogP contribution in [-0.4, -0.2) is 39.9 Å². The normalized spacial score (nSPS) is 11.9. The second-order valence-corrected chi connectivity index (χ2v) is 7.88. The van der Waals surface area contributed by atoms with Crippen LogP contribution in [0.2, 0.25) is 5.02 Å². The maximum atomic E-state index is 11.3. The topological polar surface area (TPSA) is 92.3 Å². The Kier molecular flexibility index (Phi) is 7.17. The number of thioether (sulfide) groups is 1. The molecular formula is C20H21ClN4O4S. The first-order chi connectivity index (χ1) is 14.4. The third kappa shape index (κ3) is 5.03. The van der Waals surface area contributed by atoms with Crippen molar-refractivity contribution < 1.29 is 14.4 Å². The fourth-order valence-electron chi connectivity index (χ4n) is 2.93. The lowest BCUT2D eigenvalue weighted by atomic mass is 10.1. The smallest absolute Gasteiger partial charge is 0.220 e. The van der Waals surface area contributed by atoms with Gasteiger partial charge in [0.2, 0.25) is 6.54 Å². The molecular weight excluding hydrogens is 428 g/mol. The standard InChI is InChI=1S/C20H21ClN4O4S/c1-4-29-16-8-6-15(7-9-16)25-13(2)22-23-20(25)30-19(12-24(26)27)14-5-10-18(28-3)17(21)11-14/h5-11,19H,4,12H2,1-3H3/t19-/m0/s1. The quantitative estimate of drug-likeness (QED) is 0.265. The van der Waals surface area contributed by atoms with Crippen LogP contribution in [0.15, 0.2) is 47.6 Å². The van der Waals surface area contributed by atoms with Gasteiger partial charge in [-0.15, -0.1) is 10.2 Å². The van der Waals surface area contributed by atoms with Crippen molar-refractivity contribution in [1.82, 2.24) is 14.8 Å². The highest BCUT2D eigenvalue weighted by Crippen LogP contribution is 2.38. The van der Waals surface area contributed by atoms with Gasteiger partial charge in [-0.05, 0) is 55.8 Å². The van der Waals surface area contributed by atoms with E-state index < -0.39 is 5.25 Å². The molecule has 8 nitrogen and oxygen atoms in total. The van der Waals surface area contributed by atoms with E-state index in [-0.39, 0.29) is 11.5 Å². The Balaban J connectivity index is 1.94. The molecule has 0 spiro atoms. The number of hydrogen-bond acceptors (Lipinski definition) is 7. The van der Waals surface area contributed by atoms with Crippen LogP contribution in [0.1, 0.15) is 23.6 Å². The molecule has 0 aliphatic rings. The van der Waals surface area contributed by atoms with Gasteiger partial charge >= 0.3 is 0 Å². The highest BCUT2D eigenvalue weighted by Gasteiger charge is 2.24. The van der Waals surface area contributed by atoms with Gasteiger partial charge in [0.25, 0.3) is 0 Å². The van der Waals surface area contributed by atoms with Gasteiger partial charge in [-0.1, -0.05) is 29.4 Å². The average Bonchev–Trinajstić information content (AvgIpc) is 3.08. The summed E-state index contributed by atoms with van der Waals surface area (Å²) in [6, 6.07) is 12.7. The van der Waals surface area contributed by atoms with Crippen molar-refractivity contribution in [3.05, 3.63) is 69.0 Å². The highest BCUT2D eigenvalue weighted by molar-refractivity contribution is 7.99. The predicted octanol–water partition coefficient (Wildman–Crippen LogP) is 4.75. The minimum Gasteiger partial charge on any atom is -0.495 e. The van der Waals surface area contributed by atoms with Gasteiger partial charge in [-0.25, -0.2) is 0 Å². The van der Waals surface area contributed by atoms with Gasteiger partial charge in [0.1, 0.15) is 22.6 Å². The molecule has 0 saturated heterocycles. The van der Waals surface area contributed by atoms with E-state index in [4.69, 9.17) is 21.1 Å². The number of rotatable bonds is 9. The Morgan fingerprint density at radius 3 is 2.57 bits per heavy atom. The number of aryl methyl sites for hydroxylation is 1. The van der Waals surface area contributed by atoms with E-state index in [0.29, 0.717) is 33.9 Å². The molecule has 0 radical (unpaired) electrons. The zero-order chi connectivity index (χ0) is 21.7. The second kappa shape index (κ2) is 9.82. The van der Waals surface area contributed by atoms with E-state index in [0.717, 1.165) is 11.4 Å². The van der Waals surface area contributed by atoms with E-state index in [1.807, 2.05) is 42.7 Å². The van der Waals surface area contributed by atoms with Gasteiger partial charge < -0.3 is 9.47 Å². The lowest BCUT2D eigenvalue weighted by molar-refractivity contribution is -0.479.